The Bertz CT molecular complexity index is 331. The number of ketones is 1. The molecular formula is C9H18N2O3S. The van der Waals surface area contributed by atoms with E-state index >= 15 is 0 Å². The molecular weight excluding hydrogens is 216 g/mol. The average Bonchev–Trinajstić information content (AvgIpc) is 2.54. The van der Waals surface area contributed by atoms with E-state index in [1.807, 2.05) is 0 Å². The second-order valence-electron chi connectivity index (χ2n) is 4.32. The first-order valence-corrected chi connectivity index (χ1v) is 6.71. The number of carbonyl (C=O) groups excluding carboxylic acids is 1. The normalized spacial score (nSPS) is 24.4. The van der Waals surface area contributed by atoms with Gasteiger partial charge in [-0.1, -0.05) is 13.8 Å². The van der Waals surface area contributed by atoms with E-state index in [2.05, 4.69) is 5.32 Å². The van der Waals surface area contributed by atoms with Crippen LogP contribution in [-0.4, -0.2) is 32.5 Å². The molecule has 0 aliphatic carbocycles. The first-order chi connectivity index (χ1) is 6.84. The van der Waals surface area contributed by atoms with Gasteiger partial charge in [0.05, 0.1) is 0 Å². The zero-order chi connectivity index (χ0) is 11.6. The van der Waals surface area contributed by atoms with Gasteiger partial charge in [-0.15, -0.1) is 0 Å². The lowest BCUT2D eigenvalue weighted by Gasteiger charge is -2.21. The number of rotatable bonds is 4. The van der Waals surface area contributed by atoms with E-state index in [1.165, 1.54) is 0 Å². The molecule has 0 aromatic carbocycles. The van der Waals surface area contributed by atoms with E-state index in [-0.39, 0.29) is 17.6 Å². The smallest absolute Gasteiger partial charge is 0.219 e. The number of sulfonamides is 1. The molecule has 0 aromatic heterocycles. The number of nitrogens with two attached hydrogens (primary N) is 1. The fourth-order valence-electron chi connectivity index (χ4n) is 1.93. The molecule has 0 bridgehead atoms. The van der Waals surface area contributed by atoms with Gasteiger partial charge in [-0.25, -0.2) is 13.6 Å². The van der Waals surface area contributed by atoms with Crippen LogP contribution in [0, 0.1) is 11.8 Å². The van der Waals surface area contributed by atoms with Gasteiger partial charge in [-0.3, -0.25) is 4.79 Å². The van der Waals surface area contributed by atoms with Gasteiger partial charge in [0.15, 0.2) is 5.78 Å². The Kier molecular flexibility index (Phi) is 3.86. The standard InChI is InChI=1S/C9H18N2O3S/c1-6(2)8(12)9(15(10,13)14)7-3-4-11-5-7/h6-7,9,11H,3-5H2,1-2H3,(H2,10,13,14). The second-order valence-corrected chi connectivity index (χ2v) is 6.01. The van der Waals surface area contributed by atoms with Crippen molar-refractivity contribution in [1.29, 1.82) is 0 Å². The fourth-order valence-corrected chi connectivity index (χ4v) is 3.29. The fraction of sp³-hybridized carbons (Fsp3) is 0.889. The lowest BCUT2D eigenvalue weighted by atomic mass is 9.95. The number of nitrogens with one attached hydrogen (secondary N) is 1. The molecule has 1 aliphatic rings. The minimum Gasteiger partial charge on any atom is -0.316 e. The number of hydrogen-bond acceptors (Lipinski definition) is 4. The highest BCUT2D eigenvalue weighted by Crippen LogP contribution is 2.21. The molecule has 15 heavy (non-hydrogen) atoms. The average molecular weight is 234 g/mol. The molecule has 1 aliphatic heterocycles. The van der Waals surface area contributed by atoms with Crippen LogP contribution < -0.4 is 10.5 Å². The molecule has 0 amide bonds. The third-order valence-corrected chi connectivity index (χ3v) is 4.06. The van der Waals surface area contributed by atoms with Gasteiger partial charge in [-0.2, -0.15) is 0 Å². The quantitative estimate of drug-likeness (QED) is 0.685. The summed E-state index contributed by atoms with van der Waals surface area (Å²) in [6, 6.07) is 0. The summed E-state index contributed by atoms with van der Waals surface area (Å²) in [5.41, 5.74) is 0. The lowest BCUT2D eigenvalue weighted by molar-refractivity contribution is -0.122. The highest BCUT2D eigenvalue weighted by molar-refractivity contribution is 7.90. The summed E-state index contributed by atoms with van der Waals surface area (Å²) < 4.78 is 22.8. The number of hydrogen-bond donors (Lipinski definition) is 2. The summed E-state index contributed by atoms with van der Waals surface area (Å²) in [6.45, 7) is 4.70. The summed E-state index contributed by atoms with van der Waals surface area (Å²) in [4.78, 5) is 11.8. The van der Waals surface area contributed by atoms with E-state index in [4.69, 9.17) is 5.14 Å². The van der Waals surface area contributed by atoms with E-state index in [1.54, 1.807) is 13.8 Å². The summed E-state index contributed by atoms with van der Waals surface area (Å²) in [5, 5.41) is 7.13. The summed E-state index contributed by atoms with van der Waals surface area (Å²) in [6.07, 6.45) is 0.694. The van der Waals surface area contributed by atoms with Crippen molar-refractivity contribution >= 4 is 15.8 Å². The van der Waals surface area contributed by atoms with Crippen LogP contribution in [0.15, 0.2) is 0 Å². The first kappa shape index (κ1) is 12.6. The Hall–Kier alpha value is -0.460. The predicted octanol–water partition coefficient (Wildman–Crippen LogP) is -0.522. The zero-order valence-electron chi connectivity index (χ0n) is 9.06. The van der Waals surface area contributed by atoms with Crippen molar-refractivity contribution in [3.63, 3.8) is 0 Å². The zero-order valence-corrected chi connectivity index (χ0v) is 9.88. The monoisotopic (exact) mass is 234 g/mol. The van der Waals surface area contributed by atoms with E-state index < -0.39 is 15.3 Å². The van der Waals surface area contributed by atoms with Crippen molar-refractivity contribution in [3.05, 3.63) is 0 Å². The highest BCUT2D eigenvalue weighted by atomic mass is 32.2. The van der Waals surface area contributed by atoms with Gasteiger partial charge in [0.2, 0.25) is 10.0 Å². The van der Waals surface area contributed by atoms with Crippen LogP contribution in [0.4, 0.5) is 0 Å². The summed E-state index contributed by atoms with van der Waals surface area (Å²) in [7, 11) is -3.78. The van der Waals surface area contributed by atoms with Crippen LogP contribution in [0.25, 0.3) is 0 Å². The Morgan fingerprint density at radius 3 is 2.40 bits per heavy atom. The maximum Gasteiger partial charge on any atom is 0.219 e. The van der Waals surface area contributed by atoms with Gasteiger partial charge in [0.1, 0.15) is 5.25 Å². The molecule has 3 N–H and O–H groups in total. The van der Waals surface area contributed by atoms with Crippen molar-refractivity contribution in [2.24, 2.45) is 17.0 Å². The van der Waals surface area contributed by atoms with Crippen LogP contribution in [0.1, 0.15) is 20.3 Å². The highest BCUT2D eigenvalue weighted by Gasteiger charge is 2.39. The van der Waals surface area contributed by atoms with Crippen LogP contribution in [0.2, 0.25) is 0 Å². The molecule has 1 heterocycles. The van der Waals surface area contributed by atoms with Crippen LogP contribution in [0.5, 0.6) is 0 Å². The van der Waals surface area contributed by atoms with Crippen LogP contribution >= 0.6 is 0 Å². The molecule has 6 heteroatoms. The molecule has 0 saturated carbocycles. The molecule has 1 fully saturated rings. The van der Waals surface area contributed by atoms with Crippen molar-refractivity contribution in [1.82, 2.24) is 5.32 Å². The van der Waals surface area contributed by atoms with Gasteiger partial charge >= 0.3 is 0 Å². The van der Waals surface area contributed by atoms with Gasteiger partial charge < -0.3 is 5.32 Å². The second kappa shape index (κ2) is 4.59. The molecule has 1 saturated heterocycles. The van der Waals surface area contributed by atoms with E-state index in [0.717, 1.165) is 6.54 Å². The molecule has 0 spiro atoms. The largest absolute Gasteiger partial charge is 0.316 e. The Balaban J connectivity index is 2.92. The number of Topliss-reactive ketones (excluding diaryl/α,β-unsaturated/α-hetero) is 1. The minimum absolute atomic E-state index is 0.171. The molecule has 0 radical (unpaired) electrons. The van der Waals surface area contributed by atoms with E-state index in [0.29, 0.717) is 13.0 Å². The molecule has 2 atom stereocenters. The Morgan fingerprint density at radius 1 is 1.47 bits per heavy atom. The summed E-state index contributed by atoms with van der Waals surface area (Å²) in [5.74, 6) is -0.741. The predicted molar refractivity (Wildman–Crippen MR) is 57.7 cm³/mol. The Labute approximate surface area is 90.5 Å². The van der Waals surface area contributed by atoms with Gasteiger partial charge in [0, 0.05) is 5.92 Å². The first-order valence-electron chi connectivity index (χ1n) is 5.10. The summed E-state index contributed by atoms with van der Waals surface area (Å²) >= 11 is 0. The number of primary sulfonamides is 1. The number of carbonyl (C=O) groups is 1. The van der Waals surface area contributed by atoms with Gasteiger partial charge in [0.25, 0.3) is 0 Å². The van der Waals surface area contributed by atoms with Crippen molar-refractivity contribution < 1.29 is 13.2 Å². The van der Waals surface area contributed by atoms with E-state index in [9.17, 15) is 13.2 Å². The molecule has 88 valence electrons. The third kappa shape index (κ3) is 2.99. The van der Waals surface area contributed by atoms with Crippen LogP contribution in [0.3, 0.4) is 0 Å². The molecule has 0 aromatic rings. The minimum atomic E-state index is -3.78. The SMILES string of the molecule is CC(C)C(=O)C(C1CCNC1)S(N)(=O)=O. The van der Waals surface area contributed by atoms with Crippen molar-refractivity contribution in [3.8, 4) is 0 Å². The lowest BCUT2D eigenvalue weighted by Crippen LogP contribution is -2.44. The maximum atomic E-state index is 11.8. The molecule has 5 nitrogen and oxygen atoms in total. The topological polar surface area (TPSA) is 89.3 Å². The third-order valence-electron chi connectivity index (χ3n) is 2.73. The molecule has 2 unspecified atom stereocenters. The molecule has 1 rings (SSSR count). The van der Waals surface area contributed by atoms with Crippen LogP contribution in [-0.2, 0) is 14.8 Å². The van der Waals surface area contributed by atoms with Crippen molar-refractivity contribution in [2.45, 2.75) is 25.5 Å². The Morgan fingerprint density at radius 2 is 2.07 bits per heavy atom. The van der Waals surface area contributed by atoms with Crippen molar-refractivity contribution in [2.75, 3.05) is 13.1 Å². The van der Waals surface area contributed by atoms with Gasteiger partial charge in [-0.05, 0) is 25.4 Å². The maximum absolute atomic E-state index is 11.8.